The summed E-state index contributed by atoms with van der Waals surface area (Å²) in [5.41, 5.74) is 3.80. The van der Waals surface area contributed by atoms with E-state index in [0.717, 1.165) is 65.9 Å². The molecule has 1 saturated carbocycles. The normalized spacial score (nSPS) is 27.9. The number of pyridine rings is 1. The van der Waals surface area contributed by atoms with Gasteiger partial charge in [0.15, 0.2) is 0 Å². The summed E-state index contributed by atoms with van der Waals surface area (Å²) in [7, 11) is -9.80. The highest BCUT2D eigenvalue weighted by Crippen LogP contribution is 3.02. The Hall–Kier alpha value is -1.75. The lowest BCUT2D eigenvalue weighted by molar-refractivity contribution is -0.122. The Morgan fingerprint density at radius 1 is 0.973 bits per heavy atom. The van der Waals surface area contributed by atoms with Crippen molar-refractivity contribution in [2.45, 2.75) is 87.4 Å². The van der Waals surface area contributed by atoms with Crippen molar-refractivity contribution in [2.75, 3.05) is 13.2 Å². The first kappa shape index (κ1) is 25.5. The van der Waals surface area contributed by atoms with E-state index in [9.17, 15) is 24.5 Å². The molecular weight excluding hydrogens is 513 g/mol. The highest BCUT2D eigenvalue weighted by Gasteiger charge is 2.65. The fourth-order valence-electron chi connectivity index (χ4n) is 6.92. The van der Waals surface area contributed by atoms with E-state index in [2.05, 4.69) is 0 Å². The van der Waals surface area contributed by atoms with Gasteiger partial charge in [0, 0.05) is 48.6 Å². The number of aromatic nitrogens is 1. The van der Waals surface area contributed by atoms with Crippen molar-refractivity contribution in [3.05, 3.63) is 57.9 Å². The molecule has 37 heavy (non-hydrogen) atoms. The lowest BCUT2D eigenvalue weighted by Gasteiger charge is -2.48. The van der Waals surface area contributed by atoms with E-state index in [0.29, 0.717) is 50.2 Å². The summed E-state index contributed by atoms with van der Waals surface area (Å²) < 4.78 is 79.3. The zero-order chi connectivity index (χ0) is 26.5. The van der Waals surface area contributed by atoms with Gasteiger partial charge < -0.3 is 14.6 Å². The number of benzene rings is 1. The van der Waals surface area contributed by atoms with Gasteiger partial charge in [0.25, 0.3) is 0 Å². The van der Waals surface area contributed by atoms with Crippen molar-refractivity contribution in [1.82, 2.24) is 4.98 Å². The predicted octanol–water partition coefficient (Wildman–Crippen LogP) is 8.14. The van der Waals surface area contributed by atoms with Crippen molar-refractivity contribution < 1.29 is 34.0 Å². The first-order chi connectivity index (χ1) is 17.1. The molecule has 6 rings (SSSR count). The Balaban J connectivity index is 1.54. The van der Waals surface area contributed by atoms with Crippen LogP contribution in [0.5, 0.6) is 0 Å². The average molecular weight is 546 g/mol. The van der Waals surface area contributed by atoms with Crippen molar-refractivity contribution in [2.24, 2.45) is 5.41 Å². The van der Waals surface area contributed by atoms with Crippen LogP contribution in [0, 0.1) is 5.41 Å². The maximum absolute atomic E-state index is 13.4. The first-order valence-electron chi connectivity index (χ1n) is 13.0. The zero-order valence-electron chi connectivity index (χ0n) is 20.9. The average Bonchev–Trinajstić information content (AvgIpc) is 3.10. The van der Waals surface area contributed by atoms with Crippen LogP contribution in [-0.4, -0.2) is 23.3 Å². The molecule has 2 aliphatic carbocycles. The van der Waals surface area contributed by atoms with Crippen LogP contribution >= 0.6 is 10.2 Å². The second-order valence-electron chi connectivity index (χ2n) is 11.7. The number of aliphatic hydroxyl groups is 1. The largest absolute Gasteiger partial charge is 0.388 e. The molecule has 1 aromatic carbocycles. The van der Waals surface area contributed by atoms with E-state index >= 15 is 0 Å². The van der Waals surface area contributed by atoms with Gasteiger partial charge in [0.05, 0.1) is 11.7 Å². The van der Waals surface area contributed by atoms with Gasteiger partial charge in [0.2, 0.25) is 0 Å². The predicted molar refractivity (Wildman–Crippen MR) is 130 cm³/mol. The number of halogens is 5. The minimum absolute atomic E-state index is 0.0134. The summed E-state index contributed by atoms with van der Waals surface area (Å²) in [6, 6.07) is 3.07. The summed E-state index contributed by atoms with van der Waals surface area (Å²) >= 11 is 0. The Bertz CT molecular complexity index is 1250. The van der Waals surface area contributed by atoms with Gasteiger partial charge >= 0.3 is 10.2 Å². The molecule has 3 heterocycles. The van der Waals surface area contributed by atoms with Crippen LogP contribution in [0.2, 0.25) is 0 Å². The fraction of sp³-hybridized carbons (Fsp3) is 0.593. The molecule has 2 unspecified atom stereocenters. The zero-order valence-corrected chi connectivity index (χ0v) is 21.7. The molecule has 2 aromatic rings. The Labute approximate surface area is 213 Å². The maximum Gasteiger partial charge on any atom is 0.310 e. The quantitative estimate of drug-likeness (QED) is 0.396. The van der Waals surface area contributed by atoms with E-state index in [1.807, 2.05) is 13.8 Å². The maximum atomic E-state index is 13.4. The lowest BCUT2D eigenvalue weighted by Crippen LogP contribution is -2.40. The summed E-state index contributed by atoms with van der Waals surface area (Å²) in [6.45, 7) is 4.92. The second-order valence-corrected chi connectivity index (χ2v) is 14.1. The molecule has 2 spiro atoms. The smallest absolute Gasteiger partial charge is 0.310 e. The van der Waals surface area contributed by atoms with Gasteiger partial charge in [0.1, 0.15) is 11.0 Å². The SMILES string of the molecule is CC(C)c1nc2c(c3c1C(c1ccc(S(F)(F)(F)(F)F)cc1)OC31CCOCC1)C(O)CC1(CCC1)C2. The molecular formula is C27H32F5NO3S. The number of ether oxygens (including phenoxy) is 2. The molecule has 0 radical (unpaired) electrons. The second kappa shape index (κ2) is 7.46. The van der Waals surface area contributed by atoms with E-state index in [-0.39, 0.29) is 11.3 Å². The van der Waals surface area contributed by atoms with Crippen LogP contribution in [0.15, 0.2) is 29.2 Å². The molecule has 2 fully saturated rings. The van der Waals surface area contributed by atoms with E-state index in [1.54, 1.807) is 0 Å². The number of hydrogen-bond donors (Lipinski definition) is 1. The van der Waals surface area contributed by atoms with Crippen molar-refractivity contribution >= 4 is 10.2 Å². The standard InChI is InChI=1S/C27H32F5NO3S/c1-16(2)24-22-23(21-19(33-24)14-26(8-3-9-26)15-20(21)34)27(10-12-35-13-11-27)36-25(22)17-4-6-18(7-5-17)37(28,29,30,31)32/h4-7,16,20,25,34H,3,8-15H2,1-2H3. The van der Waals surface area contributed by atoms with Gasteiger partial charge in [-0.2, -0.15) is 0 Å². The van der Waals surface area contributed by atoms with Crippen LogP contribution in [0.1, 0.15) is 104 Å². The monoisotopic (exact) mass is 545 g/mol. The summed E-state index contributed by atoms with van der Waals surface area (Å²) in [4.78, 5) is 3.16. The number of hydrogen-bond acceptors (Lipinski definition) is 4. The molecule has 10 heteroatoms. The third kappa shape index (κ3) is 4.10. The van der Waals surface area contributed by atoms with Gasteiger partial charge in [-0.05, 0) is 60.3 Å². The van der Waals surface area contributed by atoms with E-state index < -0.39 is 32.9 Å². The molecule has 2 atom stereocenters. The van der Waals surface area contributed by atoms with Gasteiger partial charge in [-0.15, -0.1) is 0 Å². The molecule has 1 saturated heterocycles. The number of fused-ring (bicyclic) bond motifs is 4. The van der Waals surface area contributed by atoms with Gasteiger partial charge in [-0.1, -0.05) is 51.8 Å². The fourth-order valence-corrected chi connectivity index (χ4v) is 7.57. The Kier molecular flexibility index (Phi) is 5.15. The highest BCUT2D eigenvalue weighted by atomic mass is 32.5. The molecule has 1 aromatic heterocycles. The van der Waals surface area contributed by atoms with Gasteiger partial charge in [-0.25, -0.2) is 0 Å². The van der Waals surface area contributed by atoms with Crippen molar-refractivity contribution in [1.29, 1.82) is 0 Å². The number of aliphatic hydroxyl groups excluding tert-OH is 1. The minimum atomic E-state index is -9.80. The molecule has 204 valence electrons. The van der Waals surface area contributed by atoms with Crippen LogP contribution in [0.4, 0.5) is 19.4 Å². The van der Waals surface area contributed by atoms with Gasteiger partial charge in [-0.3, -0.25) is 4.98 Å². The lowest BCUT2D eigenvalue weighted by atomic mass is 9.58. The van der Waals surface area contributed by atoms with Crippen LogP contribution < -0.4 is 0 Å². The van der Waals surface area contributed by atoms with Crippen molar-refractivity contribution in [3.8, 4) is 0 Å². The third-order valence-corrected chi connectivity index (χ3v) is 10.00. The molecule has 4 aliphatic rings. The Morgan fingerprint density at radius 2 is 1.62 bits per heavy atom. The first-order valence-corrected chi connectivity index (χ1v) is 14.9. The highest BCUT2D eigenvalue weighted by molar-refractivity contribution is 8.45. The molecule has 0 amide bonds. The third-order valence-electron chi connectivity index (χ3n) is 8.83. The van der Waals surface area contributed by atoms with Crippen LogP contribution in [-0.2, 0) is 21.5 Å². The van der Waals surface area contributed by atoms with Crippen molar-refractivity contribution in [3.63, 3.8) is 0 Å². The molecule has 1 N–H and O–H groups in total. The summed E-state index contributed by atoms with van der Waals surface area (Å²) in [6.07, 6.45) is 4.31. The van der Waals surface area contributed by atoms with Crippen LogP contribution in [0.3, 0.4) is 0 Å². The minimum Gasteiger partial charge on any atom is -0.388 e. The summed E-state index contributed by atoms with van der Waals surface area (Å²) in [5.74, 6) is -0.0134. The molecule has 4 nitrogen and oxygen atoms in total. The van der Waals surface area contributed by atoms with Crippen LogP contribution in [0.25, 0.3) is 0 Å². The topological polar surface area (TPSA) is 51.6 Å². The number of nitrogens with zero attached hydrogens (tertiary/aromatic N) is 1. The molecule has 0 bridgehead atoms. The summed E-state index contributed by atoms with van der Waals surface area (Å²) in [5, 5.41) is 11.5. The number of rotatable bonds is 3. The Morgan fingerprint density at radius 3 is 2.16 bits per heavy atom. The van der Waals surface area contributed by atoms with E-state index in [1.165, 1.54) is 0 Å². The van der Waals surface area contributed by atoms with E-state index in [4.69, 9.17) is 14.5 Å². The molecule has 2 aliphatic heterocycles.